The molecule has 0 saturated carbocycles. The number of rotatable bonds is 12. The number of carbonyl (C=O) groups excluding carboxylic acids is 2. The van der Waals surface area contributed by atoms with Crippen molar-refractivity contribution in [1.29, 1.82) is 0 Å². The quantitative estimate of drug-likeness (QED) is 0.472. The third-order valence-corrected chi connectivity index (χ3v) is 6.87. The fourth-order valence-corrected chi connectivity index (χ4v) is 4.56. The van der Waals surface area contributed by atoms with E-state index in [0.717, 1.165) is 22.5 Å². The molecular formula is C26H36FN3O4S. The van der Waals surface area contributed by atoms with Crippen LogP contribution in [0.25, 0.3) is 0 Å². The van der Waals surface area contributed by atoms with E-state index < -0.39 is 34.3 Å². The number of benzene rings is 2. The first-order valence-corrected chi connectivity index (χ1v) is 13.7. The Morgan fingerprint density at radius 3 is 2.09 bits per heavy atom. The van der Waals surface area contributed by atoms with Crippen LogP contribution >= 0.6 is 0 Å². The minimum atomic E-state index is -3.79. The second kappa shape index (κ2) is 12.7. The third-order valence-electron chi connectivity index (χ3n) is 5.73. The molecule has 2 rings (SSSR count). The number of nitrogens with one attached hydrogen (secondary N) is 1. The number of nitrogens with zero attached hydrogens (tertiary/aromatic N) is 2. The van der Waals surface area contributed by atoms with Gasteiger partial charge in [-0.25, -0.2) is 12.8 Å². The molecule has 0 fully saturated rings. The van der Waals surface area contributed by atoms with Crippen LogP contribution < -0.4 is 9.62 Å². The third kappa shape index (κ3) is 8.06. The summed E-state index contributed by atoms with van der Waals surface area (Å²) in [6, 6.07) is 11.9. The fourth-order valence-electron chi connectivity index (χ4n) is 3.71. The molecule has 2 aromatic carbocycles. The molecule has 0 aliphatic rings. The molecule has 35 heavy (non-hydrogen) atoms. The van der Waals surface area contributed by atoms with Crippen molar-refractivity contribution in [3.05, 3.63) is 65.5 Å². The number of carbonyl (C=O) groups is 2. The zero-order chi connectivity index (χ0) is 26.2. The van der Waals surface area contributed by atoms with E-state index in [4.69, 9.17) is 0 Å². The number of anilines is 1. The maximum absolute atomic E-state index is 13.6. The number of hydrogen-bond donors (Lipinski definition) is 1. The second-order valence-corrected chi connectivity index (χ2v) is 10.8. The molecule has 0 aliphatic carbocycles. The number of sulfonamides is 1. The van der Waals surface area contributed by atoms with Gasteiger partial charge in [-0.05, 0) is 54.2 Å². The lowest BCUT2D eigenvalue weighted by Gasteiger charge is -2.33. The maximum atomic E-state index is 13.6. The molecule has 0 radical (unpaired) electrons. The number of halogens is 1. The van der Waals surface area contributed by atoms with Crippen LogP contribution in [-0.2, 0) is 26.2 Å². The van der Waals surface area contributed by atoms with Crippen molar-refractivity contribution in [1.82, 2.24) is 10.2 Å². The number of amides is 2. The average molecular weight is 506 g/mol. The molecule has 1 N–H and O–H groups in total. The Hall–Kier alpha value is -2.94. The van der Waals surface area contributed by atoms with Crippen molar-refractivity contribution in [2.45, 2.75) is 59.0 Å². The summed E-state index contributed by atoms with van der Waals surface area (Å²) in [5.41, 5.74) is 2.05. The van der Waals surface area contributed by atoms with Crippen LogP contribution in [0, 0.1) is 5.82 Å². The van der Waals surface area contributed by atoms with Crippen LogP contribution in [0.3, 0.4) is 0 Å². The fraction of sp³-hybridized carbons (Fsp3) is 0.462. The van der Waals surface area contributed by atoms with Gasteiger partial charge in [0.1, 0.15) is 18.4 Å². The van der Waals surface area contributed by atoms with Crippen molar-refractivity contribution in [2.24, 2.45) is 0 Å². The van der Waals surface area contributed by atoms with Gasteiger partial charge < -0.3 is 10.2 Å². The Bertz CT molecular complexity index is 1090. The number of hydrogen-bond acceptors (Lipinski definition) is 4. The van der Waals surface area contributed by atoms with E-state index in [1.54, 1.807) is 31.2 Å². The van der Waals surface area contributed by atoms with Crippen molar-refractivity contribution in [3.8, 4) is 0 Å². The van der Waals surface area contributed by atoms with E-state index >= 15 is 0 Å². The van der Waals surface area contributed by atoms with Crippen LogP contribution in [0.2, 0.25) is 0 Å². The largest absolute Gasteiger partial charge is 0.354 e. The van der Waals surface area contributed by atoms with Gasteiger partial charge in [0, 0.05) is 13.1 Å². The van der Waals surface area contributed by atoms with E-state index in [2.05, 4.69) is 5.32 Å². The maximum Gasteiger partial charge on any atom is 0.244 e. The molecule has 0 aromatic heterocycles. The first kappa shape index (κ1) is 28.3. The Morgan fingerprint density at radius 2 is 1.60 bits per heavy atom. The normalized spacial score (nSPS) is 12.3. The Balaban J connectivity index is 2.40. The van der Waals surface area contributed by atoms with Crippen molar-refractivity contribution >= 4 is 27.5 Å². The summed E-state index contributed by atoms with van der Waals surface area (Å²) in [5, 5.41) is 2.82. The zero-order valence-electron chi connectivity index (χ0n) is 21.1. The minimum absolute atomic E-state index is 0.0427. The molecule has 2 amide bonds. The van der Waals surface area contributed by atoms with Gasteiger partial charge in [0.2, 0.25) is 21.8 Å². The monoisotopic (exact) mass is 505 g/mol. The Morgan fingerprint density at radius 1 is 1.00 bits per heavy atom. The van der Waals surface area contributed by atoms with E-state index in [9.17, 15) is 22.4 Å². The summed E-state index contributed by atoms with van der Waals surface area (Å²) in [6.07, 6.45) is 2.12. The van der Waals surface area contributed by atoms with Crippen molar-refractivity contribution in [3.63, 3.8) is 0 Å². The van der Waals surface area contributed by atoms with Gasteiger partial charge in [0.05, 0.1) is 11.9 Å². The molecule has 0 saturated heterocycles. The van der Waals surface area contributed by atoms with Crippen LogP contribution in [0.5, 0.6) is 0 Å². The first-order chi connectivity index (χ1) is 16.5. The molecule has 2 aromatic rings. The van der Waals surface area contributed by atoms with Gasteiger partial charge >= 0.3 is 0 Å². The first-order valence-electron chi connectivity index (χ1n) is 11.9. The van der Waals surface area contributed by atoms with Gasteiger partial charge in [-0.3, -0.25) is 13.9 Å². The lowest BCUT2D eigenvalue weighted by atomic mass is 10.0. The standard InChI is InChI=1S/C26H36FN3O4S/c1-6-16-28-26(32)24(7-2)29(17-20-8-12-22(27)13-9-20)25(31)18-30(35(5,33)34)23-14-10-21(11-15-23)19(3)4/h8-15,19,24H,6-7,16-18H2,1-5H3,(H,28,32). The van der Waals surface area contributed by atoms with Crippen molar-refractivity contribution < 1.29 is 22.4 Å². The van der Waals surface area contributed by atoms with Crippen LogP contribution in [0.1, 0.15) is 57.6 Å². The summed E-state index contributed by atoms with van der Waals surface area (Å²) in [5.74, 6) is -0.967. The molecule has 0 heterocycles. The van der Waals surface area contributed by atoms with E-state index in [-0.39, 0.29) is 18.4 Å². The topological polar surface area (TPSA) is 86.8 Å². The highest BCUT2D eigenvalue weighted by molar-refractivity contribution is 7.92. The highest BCUT2D eigenvalue weighted by Crippen LogP contribution is 2.23. The average Bonchev–Trinajstić information content (AvgIpc) is 2.81. The molecular weight excluding hydrogens is 469 g/mol. The predicted molar refractivity (Wildman–Crippen MR) is 137 cm³/mol. The molecule has 0 aliphatic heterocycles. The van der Waals surface area contributed by atoms with E-state index in [1.165, 1.54) is 17.0 Å². The summed E-state index contributed by atoms with van der Waals surface area (Å²) in [7, 11) is -3.79. The van der Waals surface area contributed by atoms with E-state index in [0.29, 0.717) is 24.2 Å². The molecule has 0 bridgehead atoms. The summed E-state index contributed by atoms with van der Waals surface area (Å²) in [6.45, 7) is 7.84. The van der Waals surface area contributed by atoms with Gasteiger partial charge in [0.15, 0.2) is 0 Å². The highest BCUT2D eigenvalue weighted by Gasteiger charge is 2.31. The van der Waals surface area contributed by atoms with Gasteiger partial charge in [0.25, 0.3) is 0 Å². The Labute approximate surface area is 208 Å². The zero-order valence-corrected chi connectivity index (χ0v) is 21.9. The van der Waals surface area contributed by atoms with Gasteiger partial charge in [-0.1, -0.05) is 52.0 Å². The molecule has 1 unspecified atom stereocenters. The summed E-state index contributed by atoms with van der Waals surface area (Å²) in [4.78, 5) is 27.8. The highest BCUT2D eigenvalue weighted by atomic mass is 32.2. The minimum Gasteiger partial charge on any atom is -0.354 e. The molecule has 192 valence electrons. The molecule has 9 heteroatoms. The van der Waals surface area contributed by atoms with Gasteiger partial charge in [-0.2, -0.15) is 0 Å². The summed E-state index contributed by atoms with van der Waals surface area (Å²) >= 11 is 0. The molecule has 0 spiro atoms. The molecule has 7 nitrogen and oxygen atoms in total. The lowest BCUT2D eigenvalue weighted by Crippen LogP contribution is -2.52. The smallest absolute Gasteiger partial charge is 0.244 e. The lowest BCUT2D eigenvalue weighted by molar-refractivity contribution is -0.140. The van der Waals surface area contributed by atoms with Crippen LogP contribution in [0.4, 0.5) is 10.1 Å². The van der Waals surface area contributed by atoms with Crippen LogP contribution in [0.15, 0.2) is 48.5 Å². The predicted octanol–water partition coefficient (Wildman–Crippen LogP) is 4.05. The van der Waals surface area contributed by atoms with Gasteiger partial charge in [-0.15, -0.1) is 0 Å². The van der Waals surface area contributed by atoms with E-state index in [1.807, 2.05) is 32.9 Å². The van der Waals surface area contributed by atoms with Crippen LogP contribution in [-0.4, -0.2) is 50.5 Å². The molecule has 1 atom stereocenters. The second-order valence-electron chi connectivity index (χ2n) is 8.88. The summed E-state index contributed by atoms with van der Waals surface area (Å²) < 4.78 is 39.8. The SMILES string of the molecule is CCCNC(=O)C(CC)N(Cc1ccc(F)cc1)C(=O)CN(c1ccc(C(C)C)cc1)S(C)(=O)=O. The van der Waals surface area contributed by atoms with Crippen molar-refractivity contribution in [2.75, 3.05) is 23.7 Å². The Kier molecular flexibility index (Phi) is 10.2.